The van der Waals surface area contributed by atoms with Crippen molar-refractivity contribution < 1.29 is 28.5 Å². The minimum Gasteiger partial charge on any atom is -0.489 e. The van der Waals surface area contributed by atoms with E-state index in [2.05, 4.69) is 0 Å². The maximum absolute atomic E-state index is 11.8. The Hall–Kier alpha value is -2.99. The fraction of sp³-hybridized carbons (Fsp3) is 0.429. The lowest BCUT2D eigenvalue weighted by atomic mass is 10.0. The molecule has 35 heavy (non-hydrogen) atoms. The first-order chi connectivity index (χ1) is 17.0. The summed E-state index contributed by atoms with van der Waals surface area (Å²) in [4.78, 5) is 23.6. The maximum Gasteiger partial charge on any atom is 0.305 e. The highest BCUT2D eigenvalue weighted by molar-refractivity contribution is 6.31. The third-order valence-electron chi connectivity index (χ3n) is 5.54. The number of rotatable bonds is 14. The maximum atomic E-state index is 11.8. The molecule has 0 unspecified atom stereocenters. The Morgan fingerprint density at radius 2 is 1.17 bits per heavy atom. The van der Waals surface area contributed by atoms with Crippen LogP contribution in [0, 0.1) is 0 Å². The van der Waals surface area contributed by atoms with E-state index in [1.807, 2.05) is 50.2 Å². The van der Waals surface area contributed by atoms with E-state index < -0.39 is 0 Å². The number of halogens is 1. The molecule has 0 heterocycles. The third kappa shape index (κ3) is 7.49. The van der Waals surface area contributed by atoms with Gasteiger partial charge in [0, 0.05) is 39.4 Å². The zero-order valence-corrected chi connectivity index (χ0v) is 21.2. The van der Waals surface area contributed by atoms with Crippen molar-refractivity contribution in [2.24, 2.45) is 0 Å². The second-order valence-corrected chi connectivity index (χ2v) is 8.68. The molecule has 0 saturated carbocycles. The smallest absolute Gasteiger partial charge is 0.305 e. The Labute approximate surface area is 211 Å². The van der Waals surface area contributed by atoms with Gasteiger partial charge in [0.15, 0.2) is 0 Å². The van der Waals surface area contributed by atoms with E-state index in [4.69, 9.17) is 30.5 Å². The summed E-state index contributed by atoms with van der Waals surface area (Å²) in [5.41, 5.74) is 0. The molecule has 7 heteroatoms. The number of unbranched alkanes of at least 4 members (excludes halogenated alkanes) is 2. The first kappa shape index (κ1) is 26.6. The van der Waals surface area contributed by atoms with Gasteiger partial charge >= 0.3 is 11.9 Å². The van der Waals surface area contributed by atoms with Gasteiger partial charge in [0.1, 0.15) is 37.9 Å². The largest absolute Gasteiger partial charge is 0.489 e. The third-order valence-corrected chi connectivity index (χ3v) is 5.78. The van der Waals surface area contributed by atoms with Gasteiger partial charge in [-0.1, -0.05) is 62.6 Å². The summed E-state index contributed by atoms with van der Waals surface area (Å²) < 4.78 is 22.8. The van der Waals surface area contributed by atoms with Crippen molar-refractivity contribution in [1.29, 1.82) is 0 Å². The molecule has 0 aliphatic rings. The first-order valence-corrected chi connectivity index (χ1v) is 12.6. The fourth-order valence-electron chi connectivity index (χ4n) is 3.77. The second kappa shape index (κ2) is 13.8. The lowest BCUT2D eigenvalue weighted by Gasteiger charge is -2.18. The van der Waals surface area contributed by atoms with Crippen LogP contribution in [0.2, 0.25) is 5.02 Å². The molecule has 0 saturated heterocycles. The molecule has 0 aliphatic carbocycles. The van der Waals surface area contributed by atoms with Gasteiger partial charge in [0.05, 0.1) is 0 Å². The van der Waals surface area contributed by atoms with Crippen molar-refractivity contribution >= 4 is 45.1 Å². The minimum absolute atomic E-state index is 0.167. The number of fused-ring (bicyclic) bond motifs is 2. The van der Waals surface area contributed by atoms with Gasteiger partial charge in [-0.25, -0.2) is 0 Å². The summed E-state index contributed by atoms with van der Waals surface area (Å²) in [5, 5.41) is 3.92. The van der Waals surface area contributed by atoms with Crippen LogP contribution in [0.1, 0.15) is 52.4 Å². The molecule has 188 valence electrons. The lowest BCUT2D eigenvalue weighted by Crippen LogP contribution is -2.13. The van der Waals surface area contributed by atoms with Crippen molar-refractivity contribution in [1.82, 2.24) is 0 Å². The zero-order valence-electron chi connectivity index (χ0n) is 20.4. The number of esters is 2. The standard InChI is InChI=1S/C28H33ClO6/c1-3-5-11-25(30)32-15-17-34-27-21-9-7-8-10-22(21)28(24-19-20(29)13-14-23(24)27)35-18-16-33-26(31)12-6-4-2/h7-10,13-14,19H,3-6,11-12,15-18H2,1-2H3. The predicted molar refractivity (Wildman–Crippen MR) is 138 cm³/mol. The average molecular weight is 501 g/mol. The van der Waals surface area contributed by atoms with Crippen molar-refractivity contribution in [3.8, 4) is 11.5 Å². The van der Waals surface area contributed by atoms with Crippen LogP contribution >= 0.6 is 11.6 Å². The number of hydrogen-bond donors (Lipinski definition) is 0. The van der Waals surface area contributed by atoms with E-state index in [1.54, 1.807) is 6.07 Å². The molecule has 0 atom stereocenters. The van der Waals surface area contributed by atoms with Crippen LogP contribution in [0.5, 0.6) is 11.5 Å². The van der Waals surface area contributed by atoms with Crippen LogP contribution in [0.25, 0.3) is 21.5 Å². The average Bonchev–Trinajstić information content (AvgIpc) is 2.87. The first-order valence-electron chi connectivity index (χ1n) is 12.3. The summed E-state index contributed by atoms with van der Waals surface area (Å²) in [6, 6.07) is 13.3. The van der Waals surface area contributed by atoms with E-state index in [9.17, 15) is 9.59 Å². The molecule has 3 aromatic carbocycles. The van der Waals surface area contributed by atoms with Gasteiger partial charge in [-0.05, 0) is 31.0 Å². The normalized spacial score (nSPS) is 10.9. The van der Waals surface area contributed by atoms with Crippen molar-refractivity contribution in [3.05, 3.63) is 47.5 Å². The quantitative estimate of drug-likeness (QED) is 0.137. The van der Waals surface area contributed by atoms with Gasteiger partial charge in [0.25, 0.3) is 0 Å². The van der Waals surface area contributed by atoms with E-state index in [0.717, 1.165) is 47.2 Å². The molecular weight excluding hydrogens is 468 g/mol. The van der Waals surface area contributed by atoms with Crippen molar-refractivity contribution in [3.63, 3.8) is 0 Å². The van der Waals surface area contributed by atoms with Gasteiger partial charge in [-0.15, -0.1) is 0 Å². The topological polar surface area (TPSA) is 71.1 Å². The molecule has 0 N–H and O–H groups in total. The molecule has 3 aromatic rings. The molecule has 0 aromatic heterocycles. The van der Waals surface area contributed by atoms with Gasteiger partial charge < -0.3 is 18.9 Å². The Balaban J connectivity index is 1.80. The van der Waals surface area contributed by atoms with Gasteiger partial charge in [0.2, 0.25) is 0 Å². The fourth-order valence-corrected chi connectivity index (χ4v) is 3.94. The molecule has 0 bridgehead atoms. The Bertz CT molecular complexity index is 1140. The van der Waals surface area contributed by atoms with Crippen LogP contribution in [-0.4, -0.2) is 38.4 Å². The second-order valence-electron chi connectivity index (χ2n) is 8.24. The summed E-state index contributed by atoms with van der Waals surface area (Å²) in [7, 11) is 0. The van der Waals surface area contributed by atoms with Crippen LogP contribution in [-0.2, 0) is 19.1 Å². The lowest BCUT2D eigenvalue weighted by molar-refractivity contribution is -0.145. The number of benzene rings is 3. The van der Waals surface area contributed by atoms with E-state index in [0.29, 0.717) is 29.4 Å². The molecule has 0 amide bonds. The molecule has 3 rings (SSSR count). The number of carbonyl (C=O) groups is 2. The molecule has 0 spiro atoms. The highest BCUT2D eigenvalue weighted by Gasteiger charge is 2.17. The van der Waals surface area contributed by atoms with Crippen LogP contribution < -0.4 is 9.47 Å². The van der Waals surface area contributed by atoms with Crippen LogP contribution in [0.15, 0.2) is 42.5 Å². The molecule has 6 nitrogen and oxygen atoms in total. The minimum atomic E-state index is -0.215. The number of hydrogen-bond acceptors (Lipinski definition) is 6. The van der Waals surface area contributed by atoms with Crippen LogP contribution in [0.4, 0.5) is 0 Å². The summed E-state index contributed by atoms with van der Waals surface area (Å²) >= 11 is 6.33. The Morgan fingerprint density at radius 3 is 1.69 bits per heavy atom. The van der Waals surface area contributed by atoms with Crippen LogP contribution in [0.3, 0.4) is 0 Å². The highest BCUT2D eigenvalue weighted by atomic mass is 35.5. The Kier molecular flexibility index (Phi) is 10.5. The zero-order chi connectivity index (χ0) is 25.0. The molecular formula is C28H33ClO6. The summed E-state index contributed by atoms with van der Waals surface area (Å²) in [6.45, 7) is 4.86. The highest BCUT2D eigenvalue weighted by Crippen LogP contribution is 2.43. The van der Waals surface area contributed by atoms with E-state index in [1.165, 1.54) is 0 Å². The Morgan fingerprint density at radius 1 is 0.686 bits per heavy atom. The van der Waals surface area contributed by atoms with Gasteiger partial charge in [-0.2, -0.15) is 0 Å². The summed E-state index contributed by atoms with van der Waals surface area (Å²) in [5.74, 6) is 0.903. The predicted octanol–water partition coefficient (Wildman–Crippen LogP) is 6.87. The van der Waals surface area contributed by atoms with Crippen molar-refractivity contribution in [2.75, 3.05) is 26.4 Å². The van der Waals surface area contributed by atoms with Crippen molar-refractivity contribution in [2.45, 2.75) is 52.4 Å². The molecule has 0 fully saturated rings. The monoisotopic (exact) mass is 500 g/mol. The molecule has 0 aliphatic heterocycles. The SMILES string of the molecule is CCCCC(=O)OCCOc1c2ccccc2c(OCCOC(=O)CCCC)c2cc(Cl)ccc12. The number of carbonyl (C=O) groups excluding carboxylic acids is 2. The van der Waals surface area contributed by atoms with E-state index in [-0.39, 0.29) is 38.4 Å². The summed E-state index contributed by atoms with van der Waals surface area (Å²) in [6.07, 6.45) is 4.35. The number of ether oxygens (including phenoxy) is 4. The van der Waals surface area contributed by atoms with E-state index >= 15 is 0 Å². The molecule has 0 radical (unpaired) electrons. The van der Waals surface area contributed by atoms with Gasteiger partial charge in [-0.3, -0.25) is 9.59 Å².